The number of carbonyl (C=O) groups excluding carboxylic acids is 1. The van der Waals surface area contributed by atoms with E-state index in [1.165, 1.54) is 6.08 Å². The van der Waals surface area contributed by atoms with E-state index in [-0.39, 0.29) is 11.4 Å². The number of para-hydroxylation sites is 1. The molecule has 0 spiro atoms. The summed E-state index contributed by atoms with van der Waals surface area (Å²) in [6.45, 7) is 0. The van der Waals surface area contributed by atoms with Gasteiger partial charge in [0, 0.05) is 16.1 Å². The number of halogens is 1. The lowest BCUT2D eigenvalue weighted by Crippen LogP contribution is -2.01. The van der Waals surface area contributed by atoms with Crippen LogP contribution in [0.5, 0.6) is 5.75 Å². The third-order valence-electron chi connectivity index (χ3n) is 3.15. The summed E-state index contributed by atoms with van der Waals surface area (Å²) in [4.78, 5) is 12.3. The lowest BCUT2D eigenvalue weighted by Gasteiger charge is -2.02. The normalized spacial score (nSPS) is 11.3. The van der Waals surface area contributed by atoms with E-state index in [4.69, 9.17) is 16.3 Å². The molecule has 2 aromatic rings. The highest BCUT2D eigenvalue weighted by Crippen LogP contribution is 2.19. The molecule has 0 saturated carbocycles. The van der Waals surface area contributed by atoms with Crippen LogP contribution in [0.2, 0.25) is 5.02 Å². The van der Waals surface area contributed by atoms with Crippen molar-refractivity contribution < 1.29 is 9.53 Å². The number of ether oxygens (including phenoxy) is 1. The number of carbonyl (C=O) groups is 1. The summed E-state index contributed by atoms with van der Waals surface area (Å²) in [6.07, 6.45) is 4.93. The first-order valence-electron chi connectivity index (χ1n) is 6.87. The van der Waals surface area contributed by atoms with Crippen molar-refractivity contribution in [3.8, 4) is 11.8 Å². The predicted octanol–water partition coefficient (Wildman–Crippen LogP) is 4.69. The summed E-state index contributed by atoms with van der Waals surface area (Å²) in [5, 5.41) is 9.73. The fourth-order valence-electron chi connectivity index (χ4n) is 1.97. The fourth-order valence-corrected chi connectivity index (χ4v) is 2.10. The van der Waals surface area contributed by atoms with Crippen LogP contribution in [0.25, 0.3) is 6.08 Å². The molecule has 0 N–H and O–H groups in total. The summed E-state index contributed by atoms with van der Waals surface area (Å²) in [7, 11) is 1.59. The van der Waals surface area contributed by atoms with Gasteiger partial charge in [0.15, 0.2) is 0 Å². The quantitative estimate of drug-likeness (QED) is 0.347. The number of rotatable bonds is 5. The van der Waals surface area contributed by atoms with Gasteiger partial charge in [0.1, 0.15) is 11.8 Å². The first-order valence-corrected chi connectivity index (χ1v) is 7.25. The number of hydrogen-bond acceptors (Lipinski definition) is 3. The standard InChI is InChI=1S/C19H14ClNO2/c1-23-18-8-3-2-5-14(18)6-4-7-16(13-21)19(22)15-9-11-17(20)12-10-15/h2-12H,1H3/b6-4+,16-7+. The average Bonchev–Trinajstić information content (AvgIpc) is 2.59. The molecule has 0 radical (unpaired) electrons. The highest BCUT2D eigenvalue weighted by atomic mass is 35.5. The zero-order valence-electron chi connectivity index (χ0n) is 12.5. The first-order chi connectivity index (χ1) is 11.2. The van der Waals surface area contributed by atoms with Crippen molar-refractivity contribution in [3.63, 3.8) is 0 Å². The predicted molar refractivity (Wildman–Crippen MR) is 91.5 cm³/mol. The van der Waals surface area contributed by atoms with Crippen molar-refractivity contribution >= 4 is 23.5 Å². The highest BCUT2D eigenvalue weighted by Gasteiger charge is 2.10. The van der Waals surface area contributed by atoms with E-state index in [2.05, 4.69) is 0 Å². The second-order valence-corrected chi connectivity index (χ2v) is 5.07. The van der Waals surface area contributed by atoms with Gasteiger partial charge in [-0.3, -0.25) is 4.79 Å². The monoisotopic (exact) mass is 323 g/mol. The minimum absolute atomic E-state index is 0.0541. The van der Waals surface area contributed by atoms with E-state index in [1.807, 2.05) is 30.3 Å². The maximum Gasteiger partial charge on any atom is 0.203 e. The molecule has 0 unspecified atom stereocenters. The van der Waals surface area contributed by atoms with Crippen molar-refractivity contribution in [3.05, 3.63) is 82.4 Å². The van der Waals surface area contributed by atoms with Gasteiger partial charge in [0.05, 0.1) is 12.7 Å². The van der Waals surface area contributed by atoms with Crippen molar-refractivity contribution in [2.75, 3.05) is 7.11 Å². The molecule has 0 aromatic heterocycles. The molecular weight excluding hydrogens is 310 g/mol. The van der Waals surface area contributed by atoms with E-state index >= 15 is 0 Å². The molecule has 0 amide bonds. The van der Waals surface area contributed by atoms with Crippen LogP contribution < -0.4 is 4.74 Å². The van der Waals surface area contributed by atoms with Crippen LogP contribution in [0.15, 0.2) is 66.3 Å². The molecule has 0 bridgehead atoms. The Morgan fingerprint density at radius 3 is 2.52 bits per heavy atom. The zero-order valence-corrected chi connectivity index (χ0v) is 13.2. The molecule has 23 heavy (non-hydrogen) atoms. The Labute approximate surface area is 140 Å². The minimum atomic E-state index is -0.339. The van der Waals surface area contributed by atoms with Gasteiger partial charge in [0.2, 0.25) is 5.78 Å². The number of Topliss-reactive ketones (excluding diaryl/α,β-unsaturated/α-hetero) is 1. The summed E-state index contributed by atoms with van der Waals surface area (Å²) in [6, 6.07) is 15.8. The van der Waals surface area contributed by atoms with Gasteiger partial charge in [-0.2, -0.15) is 5.26 Å². The first kappa shape index (κ1) is 16.5. The largest absolute Gasteiger partial charge is 0.496 e. The van der Waals surface area contributed by atoms with Gasteiger partial charge in [0.25, 0.3) is 0 Å². The maximum absolute atomic E-state index is 12.3. The summed E-state index contributed by atoms with van der Waals surface area (Å²) < 4.78 is 5.24. The molecule has 2 aromatic carbocycles. The lowest BCUT2D eigenvalue weighted by atomic mass is 10.0. The van der Waals surface area contributed by atoms with E-state index in [0.717, 1.165) is 11.3 Å². The number of nitriles is 1. The Hall–Kier alpha value is -2.83. The Kier molecular flexibility index (Phi) is 5.74. The Balaban J connectivity index is 2.22. The number of nitrogens with zero attached hydrogens (tertiary/aromatic N) is 1. The van der Waals surface area contributed by atoms with Crippen LogP contribution in [-0.4, -0.2) is 12.9 Å². The van der Waals surface area contributed by atoms with Crippen molar-refractivity contribution in [2.24, 2.45) is 0 Å². The van der Waals surface area contributed by atoms with Gasteiger partial charge < -0.3 is 4.74 Å². The molecule has 0 fully saturated rings. The van der Waals surface area contributed by atoms with Gasteiger partial charge >= 0.3 is 0 Å². The molecule has 0 aliphatic carbocycles. The zero-order chi connectivity index (χ0) is 16.7. The van der Waals surface area contributed by atoms with Crippen LogP contribution >= 0.6 is 11.6 Å². The van der Waals surface area contributed by atoms with Crippen LogP contribution in [0.1, 0.15) is 15.9 Å². The van der Waals surface area contributed by atoms with E-state index in [1.54, 1.807) is 43.5 Å². The van der Waals surface area contributed by atoms with Gasteiger partial charge in [-0.15, -0.1) is 0 Å². The van der Waals surface area contributed by atoms with E-state index in [0.29, 0.717) is 10.6 Å². The second-order valence-electron chi connectivity index (χ2n) is 4.63. The molecule has 4 heteroatoms. The van der Waals surface area contributed by atoms with E-state index in [9.17, 15) is 10.1 Å². The molecule has 2 rings (SSSR count). The Morgan fingerprint density at radius 1 is 1.17 bits per heavy atom. The third-order valence-corrected chi connectivity index (χ3v) is 3.40. The molecule has 3 nitrogen and oxygen atoms in total. The Bertz CT molecular complexity index is 799. The van der Waals surface area contributed by atoms with Crippen LogP contribution in [0.4, 0.5) is 0 Å². The van der Waals surface area contributed by atoms with Crippen LogP contribution in [-0.2, 0) is 0 Å². The van der Waals surface area contributed by atoms with Gasteiger partial charge in [-0.25, -0.2) is 0 Å². The molecule has 0 aliphatic heterocycles. The van der Waals surface area contributed by atoms with Crippen molar-refractivity contribution in [2.45, 2.75) is 0 Å². The maximum atomic E-state index is 12.3. The number of hydrogen-bond donors (Lipinski definition) is 0. The van der Waals surface area contributed by atoms with Crippen molar-refractivity contribution in [1.29, 1.82) is 5.26 Å². The summed E-state index contributed by atoms with van der Waals surface area (Å²) >= 11 is 5.80. The van der Waals surface area contributed by atoms with Crippen LogP contribution in [0.3, 0.4) is 0 Å². The summed E-state index contributed by atoms with van der Waals surface area (Å²) in [5.74, 6) is 0.383. The van der Waals surface area contributed by atoms with Crippen molar-refractivity contribution in [1.82, 2.24) is 0 Å². The SMILES string of the molecule is COc1ccccc1/C=C/C=C(\C#N)C(=O)c1ccc(Cl)cc1. The number of methoxy groups -OCH3 is 1. The molecule has 0 saturated heterocycles. The molecular formula is C19H14ClNO2. The van der Waals surface area contributed by atoms with E-state index < -0.39 is 0 Å². The third kappa shape index (κ3) is 4.32. The van der Waals surface area contributed by atoms with Gasteiger partial charge in [-0.05, 0) is 36.4 Å². The Morgan fingerprint density at radius 2 is 1.87 bits per heavy atom. The number of ketones is 1. The molecule has 0 atom stereocenters. The molecule has 0 aliphatic rings. The topological polar surface area (TPSA) is 50.1 Å². The number of benzene rings is 2. The minimum Gasteiger partial charge on any atom is -0.496 e. The molecule has 114 valence electrons. The molecule has 0 heterocycles. The second kappa shape index (κ2) is 7.98. The van der Waals surface area contributed by atoms with Gasteiger partial charge in [-0.1, -0.05) is 42.0 Å². The average molecular weight is 324 g/mol. The highest BCUT2D eigenvalue weighted by molar-refractivity contribution is 6.30. The number of allylic oxidation sites excluding steroid dienone is 3. The lowest BCUT2D eigenvalue weighted by molar-refractivity contribution is 0.103. The fraction of sp³-hybridized carbons (Fsp3) is 0.0526. The smallest absolute Gasteiger partial charge is 0.203 e. The summed E-state index contributed by atoms with van der Waals surface area (Å²) in [5.41, 5.74) is 1.34. The van der Waals surface area contributed by atoms with Crippen LogP contribution in [0, 0.1) is 11.3 Å².